The number of ether oxygens (including phenoxy) is 2. The zero-order valence-electron chi connectivity index (χ0n) is 18.2. The van der Waals surface area contributed by atoms with Gasteiger partial charge in [0.15, 0.2) is 17.1 Å². The smallest absolute Gasteiger partial charge is 0.230 e. The zero-order valence-corrected chi connectivity index (χ0v) is 19.1. The van der Waals surface area contributed by atoms with E-state index in [9.17, 15) is 4.79 Å². The maximum absolute atomic E-state index is 12.2. The van der Waals surface area contributed by atoms with Gasteiger partial charge in [-0.05, 0) is 44.5 Å². The van der Waals surface area contributed by atoms with Crippen LogP contribution in [0.3, 0.4) is 0 Å². The highest BCUT2D eigenvalue weighted by Gasteiger charge is 2.22. The van der Waals surface area contributed by atoms with E-state index in [1.54, 1.807) is 7.11 Å². The average molecular weight is 441 g/mol. The fraction of sp³-hybridized carbons (Fsp3) is 0.348. The number of methoxy groups -OCH3 is 1. The topological polar surface area (TPSA) is 78.3 Å². The van der Waals surface area contributed by atoms with E-state index < -0.39 is 0 Å². The molecule has 3 rings (SSSR count). The summed E-state index contributed by atoms with van der Waals surface area (Å²) in [6.45, 7) is 5.96. The highest BCUT2D eigenvalue weighted by molar-refractivity contribution is 7.99. The molecule has 1 N–H and O–H groups in total. The van der Waals surface area contributed by atoms with Gasteiger partial charge in [-0.3, -0.25) is 9.36 Å². The van der Waals surface area contributed by atoms with Crippen LogP contribution in [0.15, 0.2) is 59.8 Å². The Bertz CT molecular complexity index is 993. The molecule has 0 saturated carbocycles. The lowest BCUT2D eigenvalue weighted by Gasteiger charge is -2.17. The summed E-state index contributed by atoms with van der Waals surface area (Å²) in [5, 5.41) is 12.4. The number of thioether (sulfide) groups is 1. The lowest BCUT2D eigenvalue weighted by Crippen LogP contribution is -2.33. The minimum atomic E-state index is -0.372. The molecule has 164 valence electrons. The molecule has 0 saturated heterocycles. The number of para-hydroxylation sites is 1. The zero-order chi connectivity index (χ0) is 22.2. The van der Waals surface area contributed by atoms with Crippen LogP contribution in [0.4, 0.5) is 0 Å². The van der Waals surface area contributed by atoms with E-state index in [2.05, 4.69) is 15.5 Å². The van der Waals surface area contributed by atoms with Crippen LogP contribution in [0.1, 0.15) is 39.1 Å². The second-order valence-electron chi connectivity index (χ2n) is 7.12. The number of rotatable bonds is 10. The summed E-state index contributed by atoms with van der Waals surface area (Å²) in [6.07, 6.45) is 0.517. The molecule has 2 atom stereocenters. The highest BCUT2D eigenvalue weighted by Crippen LogP contribution is 2.29. The summed E-state index contributed by atoms with van der Waals surface area (Å²) in [6, 6.07) is 17.4. The normalized spacial score (nSPS) is 12.8. The molecule has 7 nitrogen and oxygen atoms in total. The van der Waals surface area contributed by atoms with Gasteiger partial charge in [-0.2, -0.15) is 0 Å². The Labute approximate surface area is 187 Å². The Morgan fingerprint density at radius 3 is 2.55 bits per heavy atom. The molecule has 0 radical (unpaired) electrons. The van der Waals surface area contributed by atoms with E-state index in [4.69, 9.17) is 9.47 Å². The summed E-state index contributed by atoms with van der Waals surface area (Å²) in [5.74, 6) is 2.29. The van der Waals surface area contributed by atoms with Gasteiger partial charge < -0.3 is 14.8 Å². The van der Waals surface area contributed by atoms with Crippen molar-refractivity contribution in [2.75, 3.05) is 12.9 Å². The molecule has 0 spiro atoms. The number of nitrogens with one attached hydrogen (secondary N) is 1. The fourth-order valence-corrected chi connectivity index (χ4v) is 3.71. The third-order valence-corrected chi connectivity index (χ3v) is 5.67. The van der Waals surface area contributed by atoms with Gasteiger partial charge in [0, 0.05) is 17.8 Å². The van der Waals surface area contributed by atoms with Crippen LogP contribution in [0.5, 0.6) is 11.5 Å². The summed E-state index contributed by atoms with van der Waals surface area (Å²) in [5.41, 5.74) is 0.911. The Morgan fingerprint density at radius 1 is 1.10 bits per heavy atom. The maximum Gasteiger partial charge on any atom is 0.230 e. The van der Waals surface area contributed by atoms with Crippen LogP contribution in [-0.2, 0) is 4.79 Å². The van der Waals surface area contributed by atoms with Gasteiger partial charge >= 0.3 is 0 Å². The van der Waals surface area contributed by atoms with Gasteiger partial charge in [-0.15, -0.1) is 10.2 Å². The van der Waals surface area contributed by atoms with Crippen molar-refractivity contribution in [3.8, 4) is 17.2 Å². The molecule has 2 unspecified atom stereocenters. The second kappa shape index (κ2) is 10.9. The van der Waals surface area contributed by atoms with Crippen LogP contribution in [0.25, 0.3) is 5.69 Å². The largest absolute Gasteiger partial charge is 0.497 e. The third kappa shape index (κ3) is 6.01. The standard InChI is InChI=1S/C23H28N4O3S/c1-5-16(2)24-21(28)15-31-23-26-25-22(27(23)18-10-7-6-8-11-18)17(3)30-20-13-9-12-19(14-20)29-4/h6-14,16-17H,5,15H2,1-4H3,(H,24,28). The molecule has 8 heteroatoms. The van der Waals surface area contributed by atoms with E-state index in [0.29, 0.717) is 16.7 Å². The predicted octanol–water partition coefficient (Wildman–Crippen LogP) is 4.42. The van der Waals surface area contributed by atoms with Crippen molar-refractivity contribution in [2.45, 2.75) is 44.5 Å². The summed E-state index contributed by atoms with van der Waals surface area (Å²) in [7, 11) is 1.62. The lowest BCUT2D eigenvalue weighted by molar-refractivity contribution is -0.119. The van der Waals surface area contributed by atoms with Crippen LogP contribution in [0, 0.1) is 0 Å². The summed E-state index contributed by atoms with van der Waals surface area (Å²) in [4.78, 5) is 12.2. The number of carbonyl (C=O) groups is 1. The minimum absolute atomic E-state index is 0.0239. The predicted molar refractivity (Wildman–Crippen MR) is 122 cm³/mol. The average Bonchev–Trinajstić information content (AvgIpc) is 3.22. The molecule has 1 amide bonds. The molecule has 0 aliphatic rings. The summed E-state index contributed by atoms with van der Waals surface area (Å²) < 4.78 is 13.3. The van der Waals surface area contributed by atoms with Crippen molar-refractivity contribution >= 4 is 17.7 Å². The number of aromatic nitrogens is 3. The Kier molecular flexibility index (Phi) is 7.94. The number of benzene rings is 2. The van der Waals surface area contributed by atoms with Crippen molar-refractivity contribution in [3.05, 3.63) is 60.4 Å². The SMILES string of the molecule is CCC(C)NC(=O)CSc1nnc(C(C)Oc2cccc(OC)c2)n1-c1ccccc1. The number of hydrogen-bond donors (Lipinski definition) is 1. The van der Waals surface area contributed by atoms with Gasteiger partial charge in [0.25, 0.3) is 0 Å². The van der Waals surface area contributed by atoms with E-state index >= 15 is 0 Å². The van der Waals surface area contributed by atoms with Gasteiger partial charge in [-0.25, -0.2) is 0 Å². The quantitative estimate of drug-likeness (QED) is 0.470. The molecular weight excluding hydrogens is 412 g/mol. The first-order valence-corrected chi connectivity index (χ1v) is 11.2. The fourth-order valence-electron chi connectivity index (χ4n) is 2.94. The third-order valence-electron chi connectivity index (χ3n) is 4.74. The van der Waals surface area contributed by atoms with Gasteiger partial charge in [0.2, 0.25) is 5.91 Å². The van der Waals surface area contributed by atoms with Crippen molar-refractivity contribution in [3.63, 3.8) is 0 Å². The number of hydrogen-bond acceptors (Lipinski definition) is 6. The number of carbonyl (C=O) groups excluding carboxylic acids is 1. The first kappa shape index (κ1) is 22.7. The van der Waals surface area contributed by atoms with Gasteiger partial charge in [-0.1, -0.05) is 43.0 Å². The summed E-state index contributed by atoms with van der Waals surface area (Å²) >= 11 is 1.35. The molecule has 1 aromatic heterocycles. The molecular formula is C23H28N4O3S. The molecule has 1 heterocycles. The minimum Gasteiger partial charge on any atom is -0.497 e. The van der Waals surface area contributed by atoms with Crippen LogP contribution < -0.4 is 14.8 Å². The van der Waals surface area contributed by atoms with E-state index in [-0.39, 0.29) is 23.8 Å². The molecule has 0 aliphatic heterocycles. The van der Waals surface area contributed by atoms with Crippen molar-refractivity contribution < 1.29 is 14.3 Å². The molecule has 0 aliphatic carbocycles. The van der Waals surface area contributed by atoms with Gasteiger partial charge in [0.05, 0.1) is 12.9 Å². The van der Waals surface area contributed by atoms with Crippen molar-refractivity contribution in [1.29, 1.82) is 0 Å². The monoisotopic (exact) mass is 440 g/mol. The Balaban J connectivity index is 1.83. The van der Waals surface area contributed by atoms with Crippen LogP contribution in [-0.4, -0.2) is 39.6 Å². The van der Waals surface area contributed by atoms with E-state index in [1.807, 2.05) is 79.9 Å². The number of nitrogens with zero attached hydrogens (tertiary/aromatic N) is 3. The molecule has 3 aromatic rings. The van der Waals surface area contributed by atoms with Crippen molar-refractivity contribution in [2.24, 2.45) is 0 Å². The van der Waals surface area contributed by atoms with E-state index in [1.165, 1.54) is 11.8 Å². The lowest BCUT2D eigenvalue weighted by atomic mass is 10.3. The first-order valence-electron chi connectivity index (χ1n) is 10.3. The second-order valence-corrected chi connectivity index (χ2v) is 8.06. The Morgan fingerprint density at radius 2 is 1.84 bits per heavy atom. The molecule has 0 bridgehead atoms. The van der Waals surface area contributed by atoms with Crippen LogP contribution >= 0.6 is 11.8 Å². The molecule has 31 heavy (non-hydrogen) atoms. The first-order chi connectivity index (χ1) is 15.0. The number of amides is 1. The molecule has 0 fully saturated rings. The molecule has 2 aromatic carbocycles. The Hall–Kier alpha value is -3.00. The highest BCUT2D eigenvalue weighted by atomic mass is 32.2. The maximum atomic E-state index is 12.2. The van der Waals surface area contributed by atoms with Gasteiger partial charge in [0.1, 0.15) is 11.5 Å². The van der Waals surface area contributed by atoms with E-state index in [0.717, 1.165) is 17.9 Å². The van der Waals surface area contributed by atoms with Crippen molar-refractivity contribution in [1.82, 2.24) is 20.1 Å². The van der Waals surface area contributed by atoms with Crippen LogP contribution in [0.2, 0.25) is 0 Å².